The van der Waals surface area contributed by atoms with E-state index in [-0.39, 0.29) is 15.6 Å². The molecule has 1 aromatic carbocycles. The number of thiophene rings is 1. The molecular weight excluding hydrogens is 386 g/mol. The van der Waals surface area contributed by atoms with Gasteiger partial charge in [-0.05, 0) is 23.6 Å². The van der Waals surface area contributed by atoms with Gasteiger partial charge in [-0.15, -0.1) is 11.3 Å². The minimum absolute atomic E-state index is 0.0567. The molecule has 0 aliphatic heterocycles. The van der Waals surface area contributed by atoms with E-state index in [2.05, 4.69) is 14.8 Å². The summed E-state index contributed by atoms with van der Waals surface area (Å²) in [6, 6.07) is 8.01. The van der Waals surface area contributed by atoms with E-state index in [0.29, 0.717) is 0 Å². The van der Waals surface area contributed by atoms with Crippen LogP contribution in [0.15, 0.2) is 46.0 Å². The fourth-order valence-corrected chi connectivity index (χ4v) is 3.71. The number of anilines is 1. The molecule has 0 spiro atoms. The number of nitrogens with one attached hydrogen (secondary N) is 2. The second kappa shape index (κ2) is 8.51. The fraction of sp³-hybridized carbons (Fsp3) is 0.143. The first-order valence-corrected chi connectivity index (χ1v) is 9.37. The number of rotatable bonds is 8. The normalized spacial score (nSPS) is 10.9. The van der Waals surface area contributed by atoms with Crippen molar-refractivity contribution in [3.63, 3.8) is 0 Å². The van der Waals surface area contributed by atoms with Crippen molar-refractivity contribution in [2.75, 3.05) is 18.5 Å². The third-order valence-corrected chi connectivity index (χ3v) is 5.69. The average molecular weight is 399 g/mol. The molecule has 0 bridgehead atoms. The van der Waals surface area contributed by atoms with Crippen LogP contribution in [0.4, 0.5) is 11.4 Å². The highest BCUT2D eigenvalue weighted by molar-refractivity contribution is 7.91. The lowest BCUT2D eigenvalue weighted by molar-refractivity contribution is -0.384. The molecule has 0 saturated carbocycles. The highest BCUT2D eigenvalue weighted by Crippen LogP contribution is 2.16. The van der Waals surface area contributed by atoms with Gasteiger partial charge in [-0.2, -0.15) is 4.72 Å². The number of ether oxygens (including phenoxy) is 1. The van der Waals surface area contributed by atoms with E-state index in [4.69, 9.17) is 0 Å². The first-order chi connectivity index (χ1) is 12.3. The van der Waals surface area contributed by atoms with Gasteiger partial charge in [0, 0.05) is 17.8 Å². The molecule has 1 heterocycles. The Hall–Kier alpha value is -2.83. The molecule has 2 aromatic rings. The van der Waals surface area contributed by atoms with Crippen molar-refractivity contribution in [1.29, 1.82) is 0 Å². The Morgan fingerprint density at radius 1 is 1.19 bits per heavy atom. The summed E-state index contributed by atoms with van der Waals surface area (Å²) >= 11 is 0.995. The molecule has 1 aromatic heterocycles. The Labute approximate surface area is 152 Å². The number of non-ortho nitro benzene ring substituents is 1. The summed E-state index contributed by atoms with van der Waals surface area (Å²) in [6.07, 6.45) is 0. The van der Waals surface area contributed by atoms with Gasteiger partial charge in [0.25, 0.3) is 21.6 Å². The second-order valence-electron chi connectivity index (χ2n) is 4.77. The monoisotopic (exact) mass is 399 g/mol. The number of amides is 1. The van der Waals surface area contributed by atoms with E-state index in [9.17, 15) is 28.1 Å². The zero-order valence-corrected chi connectivity index (χ0v) is 14.7. The van der Waals surface area contributed by atoms with Crippen molar-refractivity contribution in [1.82, 2.24) is 4.72 Å². The lowest BCUT2D eigenvalue weighted by Crippen LogP contribution is -2.32. The smallest absolute Gasteiger partial charge is 0.321 e. The highest BCUT2D eigenvalue weighted by atomic mass is 32.2. The number of carbonyl (C=O) groups excluding carboxylic acids is 2. The topological polar surface area (TPSA) is 145 Å². The van der Waals surface area contributed by atoms with Gasteiger partial charge in [0.15, 0.2) is 6.61 Å². The second-order valence-corrected chi connectivity index (χ2v) is 7.71. The number of benzene rings is 1. The third-order valence-electron chi connectivity index (χ3n) is 2.89. The van der Waals surface area contributed by atoms with Crippen molar-refractivity contribution in [2.24, 2.45) is 0 Å². The van der Waals surface area contributed by atoms with Crippen LogP contribution in [-0.2, 0) is 24.3 Å². The number of hydrogen-bond acceptors (Lipinski definition) is 8. The van der Waals surface area contributed by atoms with E-state index in [0.717, 1.165) is 11.3 Å². The average Bonchev–Trinajstić information content (AvgIpc) is 3.14. The number of nitro benzene ring substituents is 1. The van der Waals surface area contributed by atoms with Crippen LogP contribution in [0.1, 0.15) is 0 Å². The van der Waals surface area contributed by atoms with Crippen molar-refractivity contribution < 1.29 is 27.7 Å². The van der Waals surface area contributed by atoms with E-state index in [1.54, 1.807) is 11.4 Å². The maximum absolute atomic E-state index is 11.8. The molecule has 0 radical (unpaired) electrons. The summed E-state index contributed by atoms with van der Waals surface area (Å²) < 4.78 is 30.4. The van der Waals surface area contributed by atoms with E-state index in [1.807, 2.05) is 0 Å². The van der Waals surface area contributed by atoms with Gasteiger partial charge in [0.2, 0.25) is 0 Å². The molecule has 0 atom stereocenters. The standard InChI is InChI=1S/C14H13N3O7S2/c18-12(16-10-3-5-11(6-4-10)17(20)21)9-24-13(19)8-15-26(22,23)14-2-1-7-25-14/h1-7,15H,8-9H2,(H,16,18). The van der Waals surface area contributed by atoms with E-state index in [1.165, 1.54) is 30.3 Å². The predicted molar refractivity (Wildman–Crippen MR) is 92.2 cm³/mol. The largest absolute Gasteiger partial charge is 0.455 e. The Kier molecular flexibility index (Phi) is 6.38. The SMILES string of the molecule is O=C(COC(=O)CNS(=O)(=O)c1cccs1)Nc1ccc([N+](=O)[O-])cc1. The van der Waals surface area contributed by atoms with Crippen LogP contribution in [0.25, 0.3) is 0 Å². The molecule has 0 saturated heterocycles. The first kappa shape index (κ1) is 19.5. The van der Waals surface area contributed by atoms with E-state index >= 15 is 0 Å². The third kappa shape index (κ3) is 5.61. The molecule has 1 amide bonds. The lowest BCUT2D eigenvalue weighted by Gasteiger charge is -2.07. The number of nitro groups is 1. The minimum atomic E-state index is -3.80. The summed E-state index contributed by atoms with van der Waals surface area (Å²) in [7, 11) is -3.80. The van der Waals surface area contributed by atoms with Gasteiger partial charge >= 0.3 is 5.97 Å². The quantitative estimate of drug-likeness (QED) is 0.384. The number of carbonyl (C=O) groups is 2. The van der Waals surface area contributed by atoms with E-state index < -0.39 is 40.0 Å². The van der Waals surface area contributed by atoms with Gasteiger partial charge in [0.05, 0.1) is 4.92 Å². The number of sulfonamides is 1. The minimum Gasteiger partial charge on any atom is -0.455 e. The number of nitrogens with zero attached hydrogens (tertiary/aromatic N) is 1. The van der Waals surface area contributed by atoms with Crippen LogP contribution in [0, 0.1) is 10.1 Å². The number of esters is 1. The van der Waals surface area contributed by atoms with Gasteiger partial charge in [0.1, 0.15) is 10.8 Å². The van der Waals surface area contributed by atoms with Gasteiger partial charge < -0.3 is 10.1 Å². The van der Waals surface area contributed by atoms with Crippen LogP contribution < -0.4 is 10.0 Å². The molecule has 2 rings (SSSR count). The molecule has 138 valence electrons. The molecular formula is C14H13N3O7S2. The molecule has 0 aliphatic carbocycles. The Bertz CT molecular complexity index is 893. The zero-order valence-electron chi connectivity index (χ0n) is 13.1. The maximum atomic E-state index is 11.8. The predicted octanol–water partition coefficient (Wildman–Crippen LogP) is 1.12. The van der Waals surface area contributed by atoms with Crippen LogP contribution in [0.5, 0.6) is 0 Å². The summed E-state index contributed by atoms with van der Waals surface area (Å²) in [5.74, 6) is -1.60. The van der Waals surface area contributed by atoms with Crippen molar-refractivity contribution in [3.05, 3.63) is 51.9 Å². The van der Waals surface area contributed by atoms with Gasteiger partial charge in [-0.1, -0.05) is 6.07 Å². The number of hydrogen-bond donors (Lipinski definition) is 2. The van der Waals surface area contributed by atoms with Crippen LogP contribution in [0.2, 0.25) is 0 Å². The van der Waals surface area contributed by atoms with Crippen molar-refractivity contribution in [2.45, 2.75) is 4.21 Å². The highest BCUT2D eigenvalue weighted by Gasteiger charge is 2.17. The van der Waals surface area contributed by atoms with Crippen molar-refractivity contribution >= 4 is 44.6 Å². The van der Waals surface area contributed by atoms with Crippen molar-refractivity contribution in [3.8, 4) is 0 Å². The lowest BCUT2D eigenvalue weighted by atomic mass is 10.3. The zero-order chi connectivity index (χ0) is 19.2. The Morgan fingerprint density at radius 2 is 1.88 bits per heavy atom. The summed E-state index contributed by atoms with van der Waals surface area (Å²) in [4.78, 5) is 33.2. The molecule has 2 N–H and O–H groups in total. The molecule has 26 heavy (non-hydrogen) atoms. The summed E-state index contributed by atoms with van der Waals surface area (Å²) in [5, 5.41) is 14.5. The van der Waals surface area contributed by atoms with Crippen LogP contribution in [-0.4, -0.2) is 38.4 Å². The van der Waals surface area contributed by atoms with Crippen LogP contribution >= 0.6 is 11.3 Å². The first-order valence-electron chi connectivity index (χ1n) is 7.01. The summed E-state index contributed by atoms with van der Waals surface area (Å²) in [5.41, 5.74) is 0.155. The maximum Gasteiger partial charge on any atom is 0.321 e. The molecule has 0 fully saturated rings. The van der Waals surface area contributed by atoms with Gasteiger partial charge in [-0.25, -0.2) is 8.42 Å². The molecule has 0 aliphatic rings. The summed E-state index contributed by atoms with van der Waals surface area (Å²) in [6.45, 7) is -1.25. The Morgan fingerprint density at radius 3 is 2.46 bits per heavy atom. The fourth-order valence-electron chi connectivity index (χ4n) is 1.70. The molecule has 10 nitrogen and oxygen atoms in total. The van der Waals surface area contributed by atoms with Crippen LogP contribution in [0.3, 0.4) is 0 Å². The van der Waals surface area contributed by atoms with Gasteiger partial charge in [-0.3, -0.25) is 19.7 Å². The Balaban J connectivity index is 1.76. The molecule has 12 heteroatoms. The molecule has 0 unspecified atom stereocenters.